The van der Waals surface area contributed by atoms with Gasteiger partial charge in [0.05, 0.1) is 20.3 Å². The second-order valence-corrected chi connectivity index (χ2v) is 5.35. The van der Waals surface area contributed by atoms with Crippen LogP contribution >= 0.6 is 23.2 Å². The van der Waals surface area contributed by atoms with E-state index in [4.69, 9.17) is 32.7 Å². The minimum absolute atomic E-state index is 0.327. The normalized spacial score (nSPS) is 12.0. The highest BCUT2D eigenvalue weighted by Crippen LogP contribution is 2.33. The lowest BCUT2D eigenvalue weighted by Crippen LogP contribution is -2.04. The van der Waals surface area contributed by atoms with Gasteiger partial charge in [0, 0.05) is 16.5 Å². The van der Waals surface area contributed by atoms with Crippen LogP contribution in [-0.2, 0) is 6.42 Å². The third-order valence-corrected chi connectivity index (χ3v) is 3.96. The Balaban J connectivity index is 2.26. The Kier molecular flexibility index (Phi) is 5.34. The molecule has 0 aromatic heterocycles. The van der Waals surface area contributed by atoms with Crippen LogP contribution in [0.25, 0.3) is 0 Å². The molecule has 0 saturated heterocycles. The molecular formula is C16H16Cl2O3. The highest BCUT2D eigenvalue weighted by molar-refractivity contribution is 6.36. The van der Waals surface area contributed by atoms with Crippen LogP contribution in [0.5, 0.6) is 11.5 Å². The van der Waals surface area contributed by atoms with Crippen molar-refractivity contribution in [3.8, 4) is 11.5 Å². The Morgan fingerprint density at radius 2 is 1.62 bits per heavy atom. The number of benzene rings is 2. The highest BCUT2D eigenvalue weighted by atomic mass is 35.5. The predicted octanol–water partition coefficient (Wildman–Crippen LogP) is 4.29. The summed E-state index contributed by atoms with van der Waals surface area (Å²) in [5.41, 5.74) is 1.44. The first-order valence-electron chi connectivity index (χ1n) is 6.39. The quantitative estimate of drug-likeness (QED) is 0.890. The van der Waals surface area contributed by atoms with Crippen molar-refractivity contribution in [1.29, 1.82) is 0 Å². The number of methoxy groups -OCH3 is 2. The molecule has 0 fully saturated rings. The first-order valence-corrected chi connectivity index (χ1v) is 7.15. The lowest BCUT2D eigenvalue weighted by molar-refractivity contribution is 0.178. The van der Waals surface area contributed by atoms with E-state index in [1.54, 1.807) is 50.6 Å². The van der Waals surface area contributed by atoms with Gasteiger partial charge in [-0.05, 0) is 35.4 Å². The molecule has 2 aromatic carbocycles. The van der Waals surface area contributed by atoms with Gasteiger partial charge in [-0.15, -0.1) is 0 Å². The van der Waals surface area contributed by atoms with E-state index in [1.807, 2.05) is 0 Å². The van der Waals surface area contributed by atoms with Crippen molar-refractivity contribution in [3.63, 3.8) is 0 Å². The second kappa shape index (κ2) is 7.03. The van der Waals surface area contributed by atoms with Crippen LogP contribution in [0.2, 0.25) is 10.0 Å². The summed E-state index contributed by atoms with van der Waals surface area (Å²) in [6, 6.07) is 10.6. The van der Waals surface area contributed by atoms with E-state index in [2.05, 4.69) is 0 Å². The minimum atomic E-state index is -0.734. The van der Waals surface area contributed by atoms with Crippen molar-refractivity contribution in [3.05, 3.63) is 57.6 Å². The van der Waals surface area contributed by atoms with Crippen molar-refractivity contribution in [1.82, 2.24) is 0 Å². The third kappa shape index (κ3) is 3.62. The molecule has 0 radical (unpaired) electrons. The molecule has 112 valence electrons. The van der Waals surface area contributed by atoms with E-state index in [1.165, 1.54) is 0 Å². The molecule has 1 N–H and O–H groups in total. The fourth-order valence-electron chi connectivity index (χ4n) is 2.10. The van der Waals surface area contributed by atoms with E-state index < -0.39 is 6.10 Å². The van der Waals surface area contributed by atoms with Gasteiger partial charge < -0.3 is 14.6 Å². The van der Waals surface area contributed by atoms with Crippen LogP contribution in [0.1, 0.15) is 17.2 Å². The Morgan fingerprint density at radius 1 is 1.00 bits per heavy atom. The van der Waals surface area contributed by atoms with Crippen molar-refractivity contribution >= 4 is 23.2 Å². The monoisotopic (exact) mass is 326 g/mol. The van der Waals surface area contributed by atoms with Crippen LogP contribution in [0.3, 0.4) is 0 Å². The molecule has 21 heavy (non-hydrogen) atoms. The summed E-state index contributed by atoms with van der Waals surface area (Å²) in [5.74, 6) is 1.18. The number of hydrogen-bond acceptors (Lipinski definition) is 3. The summed E-state index contributed by atoms with van der Waals surface area (Å²) in [7, 11) is 3.12. The average molecular weight is 327 g/mol. The average Bonchev–Trinajstić information content (AvgIpc) is 2.50. The molecule has 1 unspecified atom stereocenters. The SMILES string of the molecule is COc1ccc(C(O)Cc2c(Cl)cccc2Cl)cc1OC. The maximum absolute atomic E-state index is 10.4. The van der Waals surface area contributed by atoms with Crippen LogP contribution in [0.15, 0.2) is 36.4 Å². The first kappa shape index (κ1) is 16.0. The molecule has 0 spiro atoms. The number of aliphatic hydroxyl groups excluding tert-OH is 1. The van der Waals surface area contributed by atoms with Gasteiger partial charge in [-0.3, -0.25) is 0 Å². The van der Waals surface area contributed by atoms with Gasteiger partial charge in [0.2, 0.25) is 0 Å². The van der Waals surface area contributed by atoms with Crippen LogP contribution in [0.4, 0.5) is 0 Å². The first-order chi connectivity index (χ1) is 10.1. The van der Waals surface area contributed by atoms with Gasteiger partial charge in [0.15, 0.2) is 11.5 Å². The smallest absolute Gasteiger partial charge is 0.161 e. The molecule has 0 aliphatic carbocycles. The Morgan fingerprint density at radius 3 is 2.19 bits per heavy atom. The maximum atomic E-state index is 10.4. The largest absolute Gasteiger partial charge is 0.493 e. The zero-order valence-electron chi connectivity index (χ0n) is 11.8. The lowest BCUT2D eigenvalue weighted by Gasteiger charge is -2.15. The van der Waals surface area contributed by atoms with Crippen molar-refractivity contribution in [2.24, 2.45) is 0 Å². The van der Waals surface area contributed by atoms with E-state index in [9.17, 15) is 5.11 Å². The number of aliphatic hydroxyl groups is 1. The second-order valence-electron chi connectivity index (χ2n) is 4.53. The highest BCUT2D eigenvalue weighted by Gasteiger charge is 2.15. The molecule has 0 amide bonds. The summed E-state index contributed by atoms with van der Waals surface area (Å²) < 4.78 is 10.4. The molecule has 3 nitrogen and oxygen atoms in total. The van der Waals surface area contributed by atoms with Gasteiger partial charge >= 0.3 is 0 Å². The third-order valence-electron chi connectivity index (χ3n) is 3.25. The zero-order chi connectivity index (χ0) is 15.4. The summed E-state index contributed by atoms with van der Waals surface area (Å²) in [6.07, 6.45) is -0.407. The standard InChI is InChI=1S/C16H16Cl2O3/c1-20-15-7-6-10(8-16(15)21-2)14(19)9-11-12(17)4-3-5-13(11)18/h3-8,14,19H,9H2,1-2H3. The van der Waals surface area contributed by atoms with E-state index in [0.29, 0.717) is 33.5 Å². The fraction of sp³-hybridized carbons (Fsp3) is 0.250. The molecule has 2 aromatic rings. The van der Waals surface area contributed by atoms with E-state index in [0.717, 1.165) is 5.56 Å². The molecule has 1 atom stereocenters. The summed E-state index contributed by atoms with van der Waals surface area (Å²) in [6.45, 7) is 0. The van der Waals surface area contributed by atoms with E-state index in [-0.39, 0.29) is 0 Å². The minimum Gasteiger partial charge on any atom is -0.493 e. The number of rotatable bonds is 5. The van der Waals surface area contributed by atoms with Crippen molar-refractivity contribution < 1.29 is 14.6 Å². The summed E-state index contributed by atoms with van der Waals surface area (Å²) in [5, 5.41) is 11.5. The van der Waals surface area contributed by atoms with Crippen LogP contribution in [-0.4, -0.2) is 19.3 Å². The maximum Gasteiger partial charge on any atom is 0.161 e. The molecule has 2 rings (SSSR count). The topological polar surface area (TPSA) is 38.7 Å². The van der Waals surface area contributed by atoms with Gasteiger partial charge in [0.1, 0.15) is 0 Å². The van der Waals surface area contributed by atoms with Gasteiger partial charge in [-0.1, -0.05) is 35.3 Å². The van der Waals surface area contributed by atoms with Gasteiger partial charge in [-0.25, -0.2) is 0 Å². The van der Waals surface area contributed by atoms with Crippen molar-refractivity contribution in [2.75, 3.05) is 14.2 Å². The molecule has 0 aliphatic rings. The number of ether oxygens (including phenoxy) is 2. The van der Waals surface area contributed by atoms with Crippen LogP contribution in [0, 0.1) is 0 Å². The zero-order valence-corrected chi connectivity index (χ0v) is 13.3. The van der Waals surface area contributed by atoms with Gasteiger partial charge in [-0.2, -0.15) is 0 Å². The molecule has 0 saturated carbocycles. The predicted molar refractivity (Wildman–Crippen MR) is 84.7 cm³/mol. The van der Waals surface area contributed by atoms with Gasteiger partial charge in [0.25, 0.3) is 0 Å². The van der Waals surface area contributed by atoms with E-state index >= 15 is 0 Å². The molecule has 0 aliphatic heterocycles. The fourth-order valence-corrected chi connectivity index (χ4v) is 2.65. The molecule has 0 bridgehead atoms. The Labute approximate surface area is 134 Å². The molecule has 0 heterocycles. The summed E-state index contributed by atoms with van der Waals surface area (Å²) in [4.78, 5) is 0. The lowest BCUT2D eigenvalue weighted by atomic mass is 10.0. The number of hydrogen-bond donors (Lipinski definition) is 1. The van der Waals surface area contributed by atoms with Crippen molar-refractivity contribution in [2.45, 2.75) is 12.5 Å². The Hall–Kier alpha value is -1.42. The number of halogens is 2. The van der Waals surface area contributed by atoms with Crippen LogP contribution < -0.4 is 9.47 Å². The molecule has 5 heteroatoms. The molecular weight excluding hydrogens is 311 g/mol. The summed E-state index contributed by atoms with van der Waals surface area (Å²) >= 11 is 12.3. The Bertz CT molecular complexity index is 609.